The third-order valence-corrected chi connectivity index (χ3v) is 8.76. The zero-order valence-corrected chi connectivity index (χ0v) is 28.4. The Bertz CT molecular complexity index is 1760. The molecule has 3 heterocycles. The molecule has 0 radical (unpaired) electrons. The second-order valence-electron chi connectivity index (χ2n) is 12.4. The van der Waals surface area contributed by atoms with Crippen LogP contribution in [-0.4, -0.2) is 69.4 Å². The summed E-state index contributed by atoms with van der Waals surface area (Å²) in [6.45, 7) is 5.71. The van der Waals surface area contributed by atoms with E-state index in [0.717, 1.165) is 5.56 Å². The summed E-state index contributed by atoms with van der Waals surface area (Å²) in [6, 6.07) is 15.2. The molecule has 3 amide bonds. The predicted molar refractivity (Wildman–Crippen MR) is 181 cm³/mol. The number of aromatic nitrogens is 2. The van der Waals surface area contributed by atoms with Gasteiger partial charge in [-0.05, 0) is 37.3 Å². The van der Waals surface area contributed by atoms with Crippen molar-refractivity contribution in [3.63, 3.8) is 0 Å². The van der Waals surface area contributed by atoms with Gasteiger partial charge in [0.15, 0.2) is 12.3 Å². The highest BCUT2D eigenvalue weighted by Gasteiger charge is 2.27. The topological polar surface area (TPSA) is 176 Å². The van der Waals surface area contributed by atoms with Gasteiger partial charge in [0.1, 0.15) is 28.8 Å². The first-order valence-corrected chi connectivity index (χ1v) is 16.9. The van der Waals surface area contributed by atoms with Gasteiger partial charge in [0.2, 0.25) is 11.8 Å². The third-order valence-electron chi connectivity index (χ3n) is 7.80. The van der Waals surface area contributed by atoms with E-state index in [1.54, 1.807) is 24.4 Å². The summed E-state index contributed by atoms with van der Waals surface area (Å²) in [5.41, 5.74) is 1.90. The van der Waals surface area contributed by atoms with Crippen molar-refractivity contribution in [1.29, 1.82) is 0 Å². The minimum atomic E-state index is -1.11. The number of para-hydroxylation sites is 1. The normalized spacial score (nSPS) is 19.3. The Morgan fingerprint density at radius 3 is 2.51 bits per heavy atom. The lowest BCUT2D eigenvalue weighted by molar-refractivity contribution is -0.139. The maximum absolute atomic E-state index is 13.9. The second-order valence-corrected chi connectivity index (χ2v) is 13.3. The van der Waals surface area contributed by atoms with E-state index in [2.05, 4.69) is 25.9 Å². The van der Waals surface area contributed by atoms with Crippen LogP contribution in [0.1, 0.15) is 82.3 Å². The lowest BCUT2D eigenvalue weighted by Gasteiger charge is -2.30. The van der Waals surface area contributed by atoms with Gasteiger partial charge in [-0.2, -0.15) is 0 Å². The fourth-order valence-corrected chi connectivity index (χ4v) is 6.48. The molecule has 4 N–H and O–H groups in total. The number of nitrogens with zero attached hydrogens (tertiary/aromatic N) is 3. The summed E-state index contributed by atoms with van der Waals surface area (Å²) >= 11 is 1.27. The van der Waals surface area contributed by atoms with Gasteiger partial charge in [0.05, 0.1) is 12.6 Å². The zero-order chi connectivity index (χ0) is 34.9. The van der Waals surface area contributed by atoms with Crippen LogP contribution in [0.4, 0.5) is 0 Å². The molecule has 0 saturated carbocycles. The maximum Gasteiger partial charge on any atom is 0.341 e. The Balaban J connectivity index is 1.51. The Kier molecular flexibility index (Phi) is 11.8. The number of aliphatic carboxylic acids is 1. The Labute approximate surface area is 288 Å². The predicted octanol–water partition coefficient (Wildman–Crippen LogP) is 4.15. The highest BCUT2D eigenvalue weighted by Crippen LogP contribution is 2.25. The number of carboxylic acids is 1. The highest BCUT2D eigenvalue weighted by molar-refractivity contribution is 7.09. The van der Waals surface area contributed by atoms with Crippen molar-refractivity contribution in [3.8, 4) is 5.75 Å². The van der Waals surface area contributed by atoms with Crippen LogP contribution in [0.3, 0.4) is 0 Å². The van der Waals surface area contributed by atoms with Crippen LogP contribution in [0.25, 0.3) is 0 Å². The van der Waals surface area contributed by atoms with Crippen LogP contribution in [-0.2, 0) is 22.6 Å². The molecule has 3 atom stereocenters. The number of amides is 3. The van der Waals surface area contributed by atoms with E-state index in [9.17, 15) is 24.3 Å². The van der Waals surface area contributed by atoms with Crippen LogP contribution in [0, 0.1) is 5.92 Å². The molecule has 2 aromatic heterocycles. The van der Waals surface area contributed by atoms with Crippen molar-refractivity contribution in [3.05, 3.63) is 99.7 Å². The van der Waals surface area contributed by atoms with Crippen LogP contribution >= 0.6 is 11.3 Å². The lowest BCUT2D eigenvalue weighted by atomic mass is 10.0. The summed E-state index contributed by atoms with van der Waals surface area (Å²) in [5, 5.41) is 20.4. The largest absolute Gasteiger partial charge is 0.482 e. The molecule has 1 aliphatic rings. The fourth-order valence-electron chi connectivity index (χ4n) is 5.63. The first kappa shape index (κ1) is 35.2. The van der Waals surface area contributed by atoms with Gasteiger partial charge in [-0.25, -0.2) is 14.8 Å². The number of carbonyl (C=O) groups is 4. The summed E-state index contributed by atoms with van der Waals surface area (Å²) in [5.74, 6) is -1.56. The van der Waals surface area contributed by atoms with Gasteiger partial charge in [-0.1, -0.05) is 62.4 Å². The van der Waals surface area contributed by atoms with E-state index in [1.807, 2.05) is 61.2 Å². The van der Waals surface area contributed by atoms with Crippen molar-refractivity contribution in [2.45, 2.75) is 58.3 Å². The fraction of sp³-hybridized carbons (Fsp3) is 0.371. The number of ether oxygens (including phenoxy) is 1. The first-order chi connectivity index (χ1) is 23.5. The smallest absolute Gasteiger partial charge is 0.341 e. The molecule has 0 spiro atoms. The molecule has 0 unspecified atom stereocenters. The summed E-state index contributed by atoms with van der Waals surface area (Å²) < 4.78 is 11.2. The number of oxazole rings is 1. The molecule has 0 saturated heterocycles. The average molecular weight is 689 g/mol. The molecule has 13 nitrogen and oxygen atoms in total. The summed E-state index contributed by atoms with van der Waals surface area (Å²) in [6.07, 6.45) is 2.29. The van der Waals surface area contributed by atoms with Gasteiger partial charge in [0.25, 0.3) is 11.8 Å². The number of fused-ring (bicyclic) bond motifs is 4. The van der Waals surface area contributed by atoms with Crippen molar-refractivity contribution in [2.75, 3.05) is 19.7 Å². The number of rotatable bonds is 9. The molecule has 258 valence electrons. The third kappa shape index (κ3) is 9.97. The van der Waals surface area contributed by atoms with E-state index in [-0.39, 0.29) is 48.7 Å². The first-order valence-electron chi connectivity index (χ1n) is 16.0. The molecule has 2 aromatic carbocycles. The van der Waals surface area contributed by atoms with E-state index in [1.165, 1.54) is 17.6 Å². The van der Waals surface area contributed by atoms with Crippen molar-refractivity contribution in [1.82, 2.24) is 30.8 Å². The van der Waals surface area contributed by atoms with Gasteiger partial charge < -0.3 is 30.2 Å². The zero-order valence-electron chi connectivity index (χ0n) is 27.5. The van der Waals surface area contributed by atoms with E-state index in [0.29, 0.717) is 29.2 Å². The molecule has 4 aromatic rings. The Hall–Kier alpha value is -5.08. The molecule has 0 fully saturated rings. The SMILES string of the molecule is CC(C)C[C@@H]1CN(Cc2ccccc2OCC(=O)O)CC(=O)N[C@H](Cc2ccccc2)c2nc(cs2)C(=O)N[C@H](C)c2nc(co2)C(=O)N1. The number of hydrogen-bond donors (Lipinski definition) is 4. The lowest BCUT2D eigenvalue weighted by Crippen LogP contribution is -2.47. The van der Waals surface area contributed by atoms with Gasteiger partial charge in [-0.3, -0.25) is 19.3 Å². The van der Waals surface area contributed by atoms with E-state index in [4.69, 9.17) is 9.15 Å². The molecule has 0 aliphatic carbocycles. The summed E-state index contributed by atoms with van der Waals surface area (Å²) in [7, 11) is 0. The van der Waals surface area contributed by atoms with Gasteiger partial charge >= 0.3 is 5.97 Å². The summed E-state index contributed by atoms with van der Waals surface area (Å²) in [4.78, 5) is 62.6. The van der Waals surface area contributed by atoms with Crippen LogP contribution in [0.15, 0.2) is 70.7 Å². The number of thiazole rings is 1. The van der Waals surface area contributed by atoms with Crippen LogP contribution < -0.4 is 20.7 Å². The van der Waals surface area contributed by atoms with Crippen LogP contribution in [0.2, 0.25) is 0 Å². The van der Waals surface area contributed by atoms with Crippen molar-refractivity contribution < 1.29 is 33.4 Å². The Morgan fingerprint density at radius 1 is 1.02 bits per heavy atom. The molecule has 49 heavy (non-hydrogen) atoms. The monoisotopic (exact) mass is 688 g/mol. The number of hydrogen-bond acceptors (Lipinski definition) is 10. The van der Waals surface area contributed by atoms with Gasteiger partial charge in [0, 0.05) is 30.1 Å². The minimum absolute atomic E-state index is 0.0578. The molecular formula is C35H40N6O7S. The molecular weight excluding hydrogens is 648 g/mol. The standard InChI is InChI=1S/C35H40N6O7S/c1-21(2)13-25-16-41(15-24-11-7-8-12-29(24)47-19-31(43)44)17-30(42)38-26(14-23-9-5-4-6-10-23)35-40-28(20-49-35)33(46)36-22(3)34-39-27(18-48-34)32(45)37-25/h4-12,18,20-22,25-26H,13-17,19H2,1-3H3,(H,36,46)(H,37,45)(H,38,42)(H,43,44)/t22-,25-,26-/m1/s1. The molecule has 1 aliphatic heterocycles. The quantitative estimate of drug-likeness (QED) is 0.200. The van der Waals surface area contributed by atoms with Crippen LogP contribution in [0.5, 0.6) is 5.75 Å². The average Bonchev–Trinajstić information content (AvgIpc) is 3.75. The maximum atomic E-state index is 13.9. The number of carbonyl (C=O) groups excluding carboxylic acids is 3. The minimum Gasteiger partial charge on any atom is -0.482 e. The second kappa shape index (κ2) is 16.3. The molecule has 5 rings (SSSR count). The molecule has 4 bridgehead atoms. The number of nitrogens with one attached hydrogen (secondary N) is 3. The van der Waals surface area contributed by atoms with Gasteiger partial charge in [-0.15, -0.1) is 11.3 Å². The number of benzene rings is 2. The van der Waals surface area contributed by atoms with E-state index < -0.39 is 42.5 Å². The van der Waals surface area contributed by atoms with E-state index >= 15 is 0 Å². The number of carboxylic acid groups (broad SMARTS) is 1. The van der Waals surface area contributed by atoms with Crippen molar-refractivity contribution in [2.24, 2.45) is 5.92 Å². The highest BCUT2D eigenvalue weighted by atomic mass is 32.1. The Morgan fingerprint density at radius 2 is 1.76 bits per heavy atom. The molecule has 14 heteroatoms. The van der Waals surface area contributed by atoms with Crippen molar-refractivity contribution >= 4 is 35.0 Å².